The number of para-hydroxylation sites is 1. The normalized spacial score (nSPS) is 19.3. The van der Waals surface area contributed by atoms with E-state index in [2.05, 4.69) is 0 Å². The molecule has 32 heavy (non-hydrogen) atoms. The number of hydrogen-bond donors (Lipinski definition) is 3. The van der Waals surface area contributed by atoms with Gasteiger partial charge in [-0.15, -0.1) is 0 Å². The number of rotatable bonds is 7. The first kappa shape index (κ1) is 22.2. The molecule has 0 radical (unpaired) electrons. The van der Waals surface area contributed by atoms with Crippen LogP contribution in [0.25, 0.3) is 0 Å². The summed E-state index contributed by atoms with van der Waals surface area (Å²) in [6, 6.07) is 19.1. The number of carbonyl (C=O) groups excluding carboxylic acids is 1. The van der Waals surface area contributed by atoms with Crippen molar-refractivity contribution in [2.75, 3.05) is 4.90 Å². The van der Waals surface area contributed by atoms with Crippen LogP contribution in [0.3, 0.4) is 0 Å². The molecule has 1 saturated heterocycles. The van der Waals surface area contributed by atoms with Crippen LogP contribution in [0, 0.1) is 5.82 Å². The molecule has 166 valence electrons. The predicted molar refractivity (Wildman–Crippen MR) is 123 cm³/mol. The van der Waals surface area contributed by atoms with Crippen LogP contribution < -0.4 is 4.90 Å². The fraction of sp³-hybridized carbons (Fsp3) is 0.240. The highest BCUT2D eigenvalue weighted by Crippen LogP contribution is 2.48. The molecular formula is C25H24FNO4S. The number of aliphatic hydroxyl groups is 1. The summed E-state index contributed by atoms with van der Waals surface area (Å²) in [5.41, 5.74) is 1.95. The highest BCUT2D eigenvalue weighted by atomic mass is 32.2. The van der Waals surface area contributed by atoms with Gasteiger partial charge in [-0.25, -0.2) is 4.39 Å². The summed E-state index contributed by atoms with van der Waals surface area (Å²) in [5, 5.41) is 30.4. The van der Waals surface area contributed by atoms with Gasteiger partial charge in [0, 0.05) is 22.6 Å². The van der Waals surface area contributed by atoms with Crippen molar-refractivity contribution in [2.45, 2.75) is 36.7 Å². The van der Waals surface area contributed by atoms with Crippen LogP contribution in [-0.2, 0) is 0 Å². The number of benzene rings is 3. The van der Waals surface area contributed by atoms with E-state index in [9.17, 15) is 24.5 Å². The molecule has 0 spiro atoms. The Hall–Kier alpha value is -3.03. The Morgan fingerprint density at radius 2 is 1.72 bits per heavy atom. The molecule has 1 unspecified atom stereocenters. The molecule has 3 aromatic rings. The maximum Gasteiger partial charge on any atom is 0.287 e. The molecule has 1 aliphatic heterocycles. The summed E-state index contributed by atoms with van der Waals surface area (Å²) < 4.78 is 13.1. The Kier molecular flexibility index (Phi) is 6.67. The first-order chi connectivity index (χ1) is 15.4. The number of carbonyl (C=O) groups is 1. The first-order valence-electron chi connectivity index (χ1n) is 10.4. The summed E-state index contributed by atoms with van der Waals surface area (Å²) in [6.45, 7) is 0. The van der Waals surface area contributed by atoms with E-state index < -0.39 is 12.1 Å². The molecular weight excluding hydrogens is 429 g/mol. The van der Waals surface area contributed by atoms with Crippen molar-refractivity contribution >= 4 is 22.7 Å². The topological polar surface area (TPSA) is 81.0 Å². The highest BCUT2D eigenvalue weighted by molar-refractivity contribution is 8.14. The van der Waals surface area contributed by atoms with E-state index in [0.717, 1.165) is 5.69 Å². The number of aliphatic hydroxyl groups excluding tert-OH is 1. The van der Waals surface area contributed by atoms with Crippen molar-refractivity contribution in [1.82, 2.24) is 0 Å². The van der Waals surface area contributed by atoms with Gasteiger partial charge in [0.05, 0.1) is 12.1 Å². The molecule has 1 fully saturated rings. The van der Waals surface area contributed by atoms with Gasteiger partial charge in [0.1, 0.15) is 17.3 Å². The molecule has 4 rings (SSSR count). The number of nitrogens with zero attached hydrogens (tertiary/aromatic N) is 1. The van der Waals surface area contributed by atoms with Crippen molar-refractivity contribution in [3.8, 4) is 11.5 Å². The summed E-state index contributed by atoms with van der Waals surface area (Å²) in [4.78, 5) is 14.6. The fourth-order valence-electron chi connectivity index (χ4n) is 4.09. The molecule has 0 bridgehead atoms. The zero-order valence-corrected chi connectivity index (χ0v) is 18.1. The monoisotopic (exact) mass is 453 g/mol. The second-order valence-corrected chi connectivity index (χ2v) is 9.00. The minimum Gasteiger partial charge on any atom is -0.508 e. The van der Waals surface area contributed by atoms with Crippen molar-refractivity contribution in [3.05, 3.63) is 89.7 Å². The molecule has 1 amide bonds. The number of phenolic OH excluding ortho intramolecular Hbond substituents is 2. The average molecular weight is 454 g/mol. The van der Waals surface area contributed by atoms with Crippen LogP contribution in [0.15, 0.2) is 72.8 Å². The molecule has 3 aromatic carbocycles. The number of phenols is 2. The highest BCUT2D eigenvalue weighted by Gasteiger charge is 2.43. The molecule has 0 saturated carbocycles. The summed E-state index contributed by atoms with van der Waals surface area (Å²) in [5.74, 6) is -0.463. The Morgan fingerprint density at radius 3 is 2.41 bits per heavy atom. The lowest BCUT2D eigenvalue weighted by atomic mass is 9.95. The van der Waals surface area contributed by atoms with Gasteiger partial charge in [0.2, 0.25) is 0 Å². The number of aromatic hydroxyl groups is 2. The molecule has 0 aliphatic carbocycles. The Labute approximate surface area is 190 Å². The van der Waals surface area contributed by atoms with E-state index in [1.54, 1.807) is 23.1 Å². The third-order valence-corrected chi connectivity index (χ3v) is 6.86. The quantitative estimate of drug-likeness (QED) is 0.413. The number of hydrogen-bond acceptors (Lipinski definition) is 5. The lowest BCUT2D eigenvalue weighted by molar-refractivity contribution is 0.163. The lowest BCUT2D eigenvalue weighted by Crippen LogP contribution is -2.29. The van der Waals surface area contributed by atoms with Gasteiger partial charge in [0.15, 0.2) is 0 Å². The summed E-state index contributed by atoms with van der Waals surface area (Å²) >= 11 is 1.22. The lowest BCUT2D eigenvalue weighted by Gasteiger charge is -2.28. The van der Waals surface area contributed by atoms with Crippen LogP contribution in [0.1, 0.15) is 42.5 Å². The van der Waals surface area contributed by atoms with Crippen molar-refractivity contribution in [2.24, 2.45) is 0 Å². The van der Waals surface area contributed by atoms with Crippen molar-refractivity contribution in [3.63, 3.8) is 0 Å². The Bertz CT molecular complexity index is 1080. The zero-order valence-electron chi connectivity index (χ0n) is 17.3. The van der Waals surface area contributed by atoms with Gasteiger partial charge < -0.3 is 15.3 Å². The molecule has 1 heterocycles. The third kappa shape index (κ3) is 4.74. The molecule has 5 nitrogen and oxygen atoms in total. The standard InChI is InChI=1S/C25H24FNO4S/c26-17-11-9-16(10-12-17)21(29)7-4-8-23-24(20-14-13-19(28)15-22(20)30)27(25(31)32-23)18-5-2-1-3-6-18/h1-3,5-6,9-15,21,23-24,28-30H,4,7-8H2/t21?,23-,24-/m1/s1. The largest absolute Gasteiger partial charge is 0.508 e. The SMILES string of the molecule is O=C1S[C@H](CCCC(O)c2ccc(F)cc2)[C@@H](c2ccc(O)cc2O)N1c1ccccc1. The maximum absolute atomic E-state index is 13.1. The predicted octanol–water partition coefficient (Wildman–Crippen LogP) is 5.92. The minimum absolute atomic E-state index is 0.0477. The summed E-state index contributed by atoms with van der Waals surface area (Å²) in [7, 11) is 0. The third-order valence-electron chi connectivity index (χ3n) is 5.67. The van der Waals surface area contributed by atoms with Gasteiger partial charge in [-0.1, -0.05) is 42.1 Å². The average Bonchev–Trinajstić information content (AvgIpc) is 3.10. The van der Waals surface area contributed by atoms with Crippen LogP contribution in [0.2, 0.25) is 0 Å². The molecule has 3 N–H and O–H groups in total. The van der Waals surface area contributed by atoms with E-state index in [1.165, 1.54) is 36.0 Å². The second kappa shape index (κ2) is 9.63. The van der Waals surface area contributed by atoms with Gasteiger partial charge in [-0.05, 0) is 61.2 Å². The molecule has 1 aliphatic rings. The number of amides is 1. The van der Waals surface area contributed by atoms with E-state index in [0.29, 0.717) is 30.4 Å². The maximum atomic E-state index is 13.1. The number of anilines is 1. The van der Waals surface area contributed by atoms with Gasteiger partial charge in [-0.3, -0.25) is 9.69 Å². The van der Waals surface area contributed by atoms with Crippen LogP contribution in [0.5, 0.6) is 11.5 Å². The summed E-state index contributed by atoms with van der Waals surface area (Å²) in [6.07, 6.45) is 1.02. The second-order valence-electron chi connectivity index (χ2n) is 7.81. The Morgan fingerprint density at radius 1 is 1.00 bits per heavy atom. The van der Waals surface area contributed by atoms with Crippen LogP contribution in [0.4, 0.5) is 14.9 Å². The minimum atomic E-state index is -0.719. The number of halogens is 1. The van der Waals surface area contributed by atoms with E-state index in [1.807, 2.05) is 30.3 Å². The van der Waals surface area contributed by atoms with E-state index in [-0.39, 0.29) is 27.8 Å². The zero-order chi connectivity index (χ0) is 22.7. The van der Waals surface area contributed by atoms with Crippen LogP contribution >= 0.6 is 11.8 Å². The van der Waals surface area contributed by atoms with Gasteiger partial charge >= 0.3 is 0 Å². The van der Waals surface area contributed by atoms with Gasteiger partial charge in [0.25, 0.3) is 5.24 Å². The van der Waals surface area contributed by atoms with Crippen LogP contribution in [-0.4, -0.2) is 25.8 Å². The van der Waals surface area contributed by atoms with E-state index >= 15 is 0 Å². The molecule has 7 heteroatoms. The molecule has 0 aromatic heterocycles. The Balaban J connectivity index is 1.54. The first-order valence-corrected chi connectivity index (χ1v) is 11.3. The van der Waals surface area contributed by atoms with E-state index in [4.69, 9.17) is 0 Å². The van der Waals surface area contributed by atoms with Crippen molar-refractivity contribution in [1.29, 1.82) is 0 Å². The van der Waals surface area contributed by atoms with Crippen molar-refractivity contribution < 1.29 is 24.5 Å². The van der Waals surface area contributed by atoms with Gasteiger partial charge in [-0.2, -0.15) is 0 Å². The smallest absolute Gasteiger partial charge is 0.287 e. The fourth-order valence-corrected chi connectivity index (χ4v) is 5.36. The number of thioether (sulfide) groups is 1. The molecule has 3 atom stereocenters.